The molecular formula is C8H4F3NO. The summed E-state index contributed by atoms with van der Waals surface area (Å²) in [6.45, 7) is 0. The fourth-order valence-corrected chi connectivity index (χ4v) is 1.01. The first-order chi connectivity index (χ1) is 6.16. The van der Waals surface area contributed by atoms with E-state index in [1.807, 2.05) is 0 Å². The van der Waals surface area contributed by atoms with Gasteiger partial charge in [-0.3, -0.25) is 0 Å². The molecule has 0 fully saturated rings. The van der Waals surface area contributed by atoms with Crippen LogP contribution >= 0.6 is 0 Å². The Labute approximate surface area is 71.0 Å². The van der Waals surface area contributed by atoms with E-state index in [-0.39, 0.29) is 11.1 Å². The van der Waals surface area contributed by atoms with Crippen LogP contribution in [0.15, 0.2) is 22.6 Å². The molecular weight excluding hydrogens is 183 g/mol. The number of rotatable bonds is 1. The number of benzene rings is 1. The Kier molecular flexibility index (Phi) is 1.72. The third kappa shape index (κ3) is 1.37. The lowest BCUT2D eigenvalue weighted by molar-refractivity contribution is 0.117. The fraction of sp³-hybridized carbons (Fsp3) is 0.125. The van der Waals surface area contributed by atoms with Crippen molar-refractivity contribution in [2.45, 2.75) is 6.43 Å². The standard InChI is InChI=1S/C8H4F3NO/c9-4-1-2-5-6(3-4)13-8(12-5)7(10)11/h1-3,7H. The smallest absolute Gasteiger partial charge is 0.313 e. The first-order valence-corrected chi connectivity index (χ1v) is 3.51. The van der Waals surface area contributed by atoms with Gasteiger partial charge in [0.2, 0.25) is 0 Å². The van der Waals surface area contributed by atoms with Crippen LogP contribution < -0.4 is 0 Å². The van der Waals surface area contributed by atoms with Crippen LogP contribution in [0.1, 0.15) is 12.3 Å². The van der Waals surface area contributed by atoms with E-state index in [4.69, 9.17) is 0 Å². The second-order valence-electron chi connectivity index (χ2n) is 2.46. The summed E-state index contributed by atoms with van der Waals surface area (Å²) in [5, 5.41) is 0. The molecule has 0 amide bonds. The summed E-state index contributed by atoms with van der Waals surface area (Å²) in [6.07, 6.45) is -2.77. The van der Waals surface area contributed by atoms with E-state index in [1.165, 1.54) is 6.07 Å². The number of hydrogen-bond donors (Lipinski definition) is 0. The van der Waals surface area contributed by atoms with Gasteiger partial charge in [-0.05, 0) is 12.1 Å². The quantitative estimate of drug-likeness (QED) is 0.685. The molecule has 68 valence electrons. The molecule has 0 aliphatic rings. The van der Waals surface area contributed by atoms with Crippen LogP contribution in [-0.4, -0.2) is 4.98 Å². The molecule has 0 bridgehead atoms. The molecule has 1 aromatic heterocycles. The van der Waals surface area contributed by atoms with E-state index in [9.17, 15) is 13.2 Å². The monoisotopic (exact) mass is 187 g/mol. The second kappa shape index (κ2) is 2.76. The summed E-state index contributed by atoms with van der Waals surface area (Å²) in [5.74, 6) is -1.22. The van der Waals surface area contributed by atoms with Gasteiger partial charge in [-0.2, -0.15) is 8.78 Å². The summed E-state index contributed by atoms with van der Waals surface area (Å²) >= 11 is 0. The van der Waals surface area contributed by atoms with Crippen LogP contribution in [0.5, 0.6) is 0 Å². The summed E-state index contributed by atoms with van der Waals surface area (Å²) in [5.41, 5.74) is 0.270. The van der Waals surface area contributed by atoms with E-state index >= 15 is 0 Å². The number of alkyl halides is 2. The van der Waals surface area contributed by atoms with E-state index in [0.29, 0.717) is 0 Å². The van der Waals surface area contributed by atoms with Crippen molar-refractivity contribution in [1.82, 2.24) is 4.98 Å². The molecule has 2 rings (SSSR count). The molecule has 0 spiro atoms. The Hall–Kier alpha value is -1.52. The second-order valence-corrected chi connectivity index (χ2v) is 2.46. The predicted molar refractivity (Wildman–Crippen MR) is 38.9 cm³/mol. The summed E-state index contributed by atoms with van der Waals surface area (Å²) in [7, 11) is 0. The highest BCUT2D eigenvalue weighted by atomic mass is 19.3. The van der Waals surface area contributed by atoms with Crippen LogP contribution in [-0.2, 0) is 0 Å². The zero-order valence-corrected chi connectivity index (χ0v) is 6.30. The van der Waals surface area contributed by atoms with Gasteiger partial charge in [0, 0.05) is 6.07 Å². The first kappa shape index (κ1) is 8.10. The molecule has 0 saturated carbocycles. The predicted octanol–water partition coefficient (Wildman–Crippen LogP) is 2.90. The maximum absolute atomic E-state index is 12.6. The third-order valence-electron chi connectivity index (χ3n) is 1.55. The molecule has 0 unspecified atom stereocenters. The highest BCUT2D eigenvalue weighted by molar-refractivity contribution is 5.72. The average Bonchev–Trinajstić information content (AvgIpc) is 2.46. The Bertz CT molecular complexity index is 438. The van der Waals surface area contributed by atoms with Gasteiger partial charge >= 0.3 is 6.43 Å². The van der Waals surface area contributed by atoms with E-state index in [2.05, 4.69) is 9.40 Å². The van der Waals surface area contributed by atoms with E-state index in [1.54, 1.807) is 0 Å². The van der Waals surface area contributed by atoms with Crippen molar-refractivity contribution in [1.29, 1.82) is 0 Å². The molecule has 0 N–H and O–H groups in total. The largest absolute Gasteiger partial charge is 0.435 e. The molecule has 0 atom stereocenters. The number of fused-ring (bicyclic) bond motifs is 1. The van der Waals surface area contributed by atoms with Crippen molar-refractivity contribution >= 4 is 11.1 Å². The summed E-state index contributed by atoms with van der Waals surface area (Å²) < 4.78 is 41.3. The van der Waals surface area contributed by atoms with Crippen molar-refractivity contribution in [3.05, 3.63) is 29.9 Å². The number of oxazole rings is 1. The Morgan fingerprint density at radius 3 is 2.77 bits per heavy atom. The summed E-state index contributed by atoms with van der Waals surface area (Å²) in [6, 6.07) is 3.45. The number of nitrogens with zero attached hydrogens (tertiary/aromatic N) is 1. The van der Waals surface area contributed by atoms with Crippen LogP contribution in [0.2, 0.25) is 0 Å². The maximum Gasteiger partial charge on any atom is 0.313 e. The van der Waals surface area contributed by atoms with Crippen molar-refractivity contribution in [3.8, 4) is 0 Å². The molecule has 13 heavy (non-hydrogen) atoms. The highest BCUT2D eigenvalue weighted by Gasteiger charge is 2.15. The molecule has 0 aliphatic heterocycles. The van der Waals surface area contributed by atoms with Crippen LogP contribution in [0.4, 0.5) is 13.2 Å². The Morgan fingerprint density at radius 2 is 2.08 bits per heavy atom. The van der Waals surface area contributed by atoms with Gasteiger partial charge in [-0.1, -0.05) is 0 Å². The molecule has 0 saturated heterocycles. The third-order valence-corrected chi connectivity index (χ3v) is 1.55. The molecule has 0 radical (unpaired) electrons. The molecule has 1 heterocycles. The molecule has 1 aromatic carbocycles. The summed E-state index contributed by atoms with van der Waals surface area (Å²) in [4.78, 5) is 3.47. The lowest BCUT2D eigenvalue weighted by Crippen LogP contribution is -1.80. The lowest BCUT2D eigenvalue weighted by atomic mass is 10.3. The fourth-order valence-electron chi connectivity index (χ4n) is 1.01. The minimum Gasteiger partial charge on any atom is -0.435 e. The number of halogens is 3. The zero-order chi connectivity index (χ0) is 9.42. The van der Waals surface area contributed by atoms with Crippen molar-refractivity contribution < 1.29 is 17.6 Å². The first-order valence-electron chi connectivity index (χ1n) is 3.51. The minimum absolute atomic E-state index is 0.0373. The van der Waals surface area contributed by atoms with Gasteiger partial charge in [0.15, 0.2) is 5.58 Å². The van der Waals surface area contributed by atoms with Crippen molar-refractivity contribution in [2.24, 2.45) is 0 Å². The SMILES string of the molecule is Fc1ccc2nc(C(F)F)oc2c1. The van der Waals surface area contributed by atoms with Crippen LogP contribution in [0.25, 0.3) is 11.1 Å². The van der Waals surface area contributed by atoms with Gasteiger partial charge in [0.05, 0.1) is 0 Å². The number of hydrogen-bond acceptors (Lipinski definition) is 2. The molecule has 2 aromatic rings. The maximum atomic E-state index is 12.6. The van der Waals surface area contributed by atoms with Gasteiger partial charge in [0.25, 0.3) is 5.89 Å². The van der Waals surface area contributed by atoms with E-state index < -0.39 is 18.1 Å². The lowest BCUT2D eigenvalue weighted by Gasteiger charge is -1.86. The Balaban J connectivity index is 2.62. The van der Waals surface area contributed by atoms with Crippen molar-refractivity contribution in [2.75, 3.05) is 0 Å². The Morgan fingerprint density at radius 1 is 1.31 bits per heavy atom. The molecule has 5 heteroatoms. The van der Waals surface area contributed by atoms with Crippen LogP contribution in [0.3, 0.4) is 0 Å². The molecule has 0 aliphatic carbocycles. The average molecular weight is 187 g/mol. The highest BCUT2D eigenvalue weighted by Crippen LogP contribution is 2.23. The topological polar surface area (TPSA) is 26.0 Å². The van der Waals surface area contributed by atoms with Gasteiger partial charge in [-0.25, -0.2) is 9.37 Å². The zero-order valence-electron chi connectivity index (χ0n) is 6.30. The van der Waals surface area contributed by atoms with Gasteiger partial charge in [-0.15, -0.1) is 0 Å². The minimum atomic E-state index is -2.77. The normalized spacial score (nSPS) is 11.4. The molecule has 2 nitrogen and oxygen atoms in total. The van der Waals surface area contributed by atoms with E-state index in [0.717, 1.165) is 12.1 Å². The van der Waals surface area contributed by atoms with Crippen LogP contribution in [0, 0.1) is 5.82 Å². The van der Waals surface area contributed by atoms with Gasteiger partial charge in [0.1, 0.15) is 11.3 Å². The van der Waals surface area contributed by atoms with Crippen molar-refractivity contribution in [3.63, 3.8) is 0 Å². The van der Waals surface area contributed by atoms with Gasteiger partial charge < -0.3 is 4.42 Å². The number of aromatic nitrogens is 1.